The van der Waals surface area contributed by atoms with Crippen LogP contribution in [0, 0.1) is 6.92 Å². The van der Waals surface area contributed by atoms with E-state index < -0.39 is 0 Å². The fourth-order valence-electron chi connectivity index (χ4n) is 1.88. The Labute approximate surface area is 106 Å². The molecule has 94 valence electrons. The molecule has 0 aliphatic rings. The van der Waals surface area contributed by atoms with Gasteiger partial charge < -0.3 is 9.30 Å². The summed E-state index contributed by atoms with van der Waals surface area (Å²) in [6, 6.07) is 5.49. The van der Waals surface area contributed by atoms with Crippen molar-refractivity contribution in [2.45, 2.75) is 20.4 Å². The summed E-state index contributed by atoms with van der Waals surface area (Å²) < 4.78 is 7.34. The number of Topliss-reactive ketones (excluding diaryl/α,β-unsaturated/α-hetero) is 1. The number of nitrogens with zero attached hydrogens (tertiary/aromatic N) is 2. The van der Waals surface area contributed by atoms with Gasteiger partial charge in [0.15, 0.2) is 5.78 Å². The quantitative estimate of drug-likeness (QED) is 0.776. The molecule has 0 saturated carbocycles. The number of carbonyl (C=O) groups excluding carboxylic acids is 1. The minimum atomic E-state index is 0.0567. The standard InChI is InChI=1S/C14H16N2O2/c1-10(17)12-4-5-14(18-3)13(8-12)9-16-7-6-15-11(16)2/h4-8H,9H2,1-3H3. The summed E-state index contributed by atoms with van der Waals surface area (Å²) in [4.78, 5) is 15.6. The average Bonchev–Trinajstić information content (AvgIpc) is 2.75. The van der Waals surface area contributed by atoms with E-state index in [0.717, 1.165) is 17.1 Å². The zero-order chi connectivity index (χ0) is 13.1. The Morgan fingerprint density at radius 1 is 1.44 bits per heavy atom. The van der Waals surface area contributed by atoms with Crippen molar-refractivity contribution in [3.63, 3.8) is 0 Å². The minimum Gasteiger partial charge on any atom is -0.496 e. The molecule has 0 aliphatic carbocycles. The zero-order valence-electron chi connectivity index (χ0n) is 10.8. The lowest BCUT2D eigenvalue weighted by molar-refractivity contribution is 0.101. The fourth-order valence-corrected chi connectivity index (χ4v) is 1.88. The summed E-state index contributed by atoms with van der Waals surface area (Å²) >= 11 is 0. The molecule has 0 atom stereocenters. The molecule has 0 bridgehead atoms. The highest BCUT2D eigenvalue weighted by atomic mass is 16.5. The van der Waals surface area contributed by atoms with Gasteiger partial charge >= 0.3 is 0 Å². The first kappa shape index (κ1) is 12.4. The lowest BCUT2D eigenvalue weighted by Crippen LogP contribution is -2.04. The first-order valence-corrected chi connectivity index (χ1v) is 5.77. The van der Waals surface area contributed by atoms with Crippen LogP contribution in [0.1, 0.15) is 28.7 Å². The molecular formula is C14H16N2O2. The summed E-state index contributed by atoms with van der Waals surface area (Å²) in [7, 11) is 1.63. The van der Waals surface area contributed by atoms with E-state index in [-0.39, 0.29) is 5.78 Å². The first-order chi connectivity index (χ1) is 8.61. The van der Waals surface area contributed by atoms with Gasteiger partial charge in [-0.1, -0.05) is 0 Å². The summed E-state index contributed by atoms with van der Waals surface area (Å²) in [5.74, 6) is 1.78. The maximum absolute atomic E-state index is 11.4. The molecule has 18 heavy (non-hydrogen) atoms. The summed E-state index contributed by atoms with van der Waals surface area (Å²) in [5, 5.41) is 0. The summed E-state index contributed by atoms with van der Waals surface area (Å²) in [5.41, 5.74) is 1.68. The van der Waals surface area contributed by atoms with Crippen molar-refractivity contribution in [1.82, 2.24) is 9.55 Å². The first-order valence-electron chi connectivity index (χ1n) is 5.77. The Bertz CT molecular complexity index is 573. The van der Waals surface area contributed by atoms with Gasteiger partial charge in [0, 0.05) is 23.5 Å². The Morgan fingerprint density at radius 3 is 2.78 bits per heavy atom. The Balaban J connectivity index is 2.38. The largest absolute Gasteiger partial charge is 0.496 e. The predicted molar refractivity (Wildman–Crippen MR) is 69.1 cm³/mol. The van der Waals surface area contributed by atoms with Gasteiger partial charge in [0.05, 0.1) is 13.7 Å². The van der Waals surface area contributed by atoms with Crippen molar-refractivity contribution in [1.29, 1.82) is 0 Å². The van der Waals surface area contributed by atoms with Gasteiger partial charge in [-0.25, -0.2) is 4.98 Å². The SMILES string of the molecule is COc1ccc(C(C)=O)cc1Cn1ccnc1C. The number of methoxy groups -OCH3 is 1. The second kappa shape index (κ2) is 5.04. The second-order valence-corrected chi connectivity index (χ2v) is 4.19. The Morgan fingerprint density at radius 2 is 2.22 bits per heavy atom. The van der Waals surface area contributed by atoms with Gasteiger partial charge in [-0.05, 0) is 32.0 Å². The molecule has 1 aromatic heterocycles. The predicted octanol–water partition coefficient (Wildman–Crippen LogP) is 2.45. The third-order valence-electron chi connectivity index (χ3n) is 2.95. The van der Waals surface area contributed by atoms with E-state index in [4.69, 9.17) is 4.74 Å². The second-order valence-electron chi connectivity index (χ2n) is 4.19. The molecule has 1 aromatic carbocycles. The van der Waals surface area contributed by atoms with E-state index >= 15 is 0 Å². The van der Waals surface area contributed by atoms with Crippen LogP contribution in [0.25, 0.3) is 0 Å². The van der Waals surface area contributed by atoms with E-state index in [2.05, 4.69) is 4.98 Å². The topological polar surface area (TPSA) is 44.1 Å². The molecule has 4 heteroatoms. The van der Waals surface area contributed by atoms with E-state index in [1.54, 1.807) is 26.3 Å². The van der Waals surface area contributed by atoms with E-state index in [1.807, 2.05) is 29.8 Å². The lowest BCUT2D eigenvalue weighted by Gasteiger charge is -2.11. The van der Waals surface area contributed by atoms with Gasteiger partial charge in [0.1, 0.15) is 11.6 Å². The number of hydrogen-bond donors (Lipinski definition) is 0. The van der Waals surface area contributed by atoms with Crippen molar-refractivity contribution in [3.05, 3.63) is 47.5 Å². The monoisotopic (exact) mass is 244 g/mol. The van der Waals surface area contributed by atoms with Crippen LogP contribution >= 0.6 is 0 Å². The number of hydrogen-bond acceptors (Lipinski definition) is 3. The smallest absolute Gasteiger partial charge is 0.159 e. The number of ketones is 1. The van der Waals surface area contributed by atoms with Crippen molar-refractivity contribution >= 4 is 5.78 Å². The highest BCUT2D eigenvalue weighted by molar-refractivity contribution is 5.94. The van der Waals surface area contributed by atoms with Gasteiger partial charge in [0.2, 0.25) is 0 Å². The molecule has 0 aliphatic heterocycles. The fraction of sp³-hybridized carbons (Fsp3) is 0.286. The molecule has 0 amide bonds. The van der Waals surface area contributed by atoms with Crippen molar-refractivity contribution in [2.24, 2.45) is 0 Å². The molecule has 0 saturated heterocycles. The van der Waals surface area contributed by atoms with Crippen LogP contribution in [-0.4, -0.2) is 22.4 Å². The number of aromatic nitrogens is 2. The normalized spacial score (nSPS) is 10.4. The molecule has 0 unspecified atom stereocenters. The van der Waals surface area contributed by atoms with Crippen LogP contribution in [-0.2, 0) is 6.54 Å². The van der Waals surface area contributed by atoms with Crippen LogP contribution in [0.2, 0.25) is 0 Å². The lowest BCUT2D eigenvalue weighted by atomic mass is 10.1. The third kappa shape index (κ3) is 2.42. The maximum atomic E-state index is 11.4. The van der Waals surface area contributed by atoms with Gasteiger partial charge in [-0.3, -0.25) is 4.79 Å². The summed E-state index contributed by atoms with van der Waals surface area (Å²) in [6.45, 7) is 4.16. The number of carbonyl (C=O) groups is 1. The Hall–Kier alpha value is -2.10. The van der Waals surface area contributed by atoms with Crippen molar-refractivity contribution in [3.8, 4) is 5.75 Å². The highest BCUT2D eigenvalue weighted by Crippen LogP contribution is 2.21. The number of imidazole rings is 1. The van der Waals surface area contributed by atoms with Gasteiger partial charge in [-0.2, -0.15) is 0 Å². The highest BCUT2D eigenvalue weighted by Gasteiger charge is 2.08. The van der Waals surface area contributed by atoms with Crippen LogP contribution in [0.3, 0.4) is 0 Å². The van der Waals surface area contributed by atoms with Crippen molar-refractivity contribution < 1.29 is 9.53 Å². The number of benzene rings is 1. The van der Waals surface area contributed by atoms with Gasteiger partial charge in [0.25, 0.3) is 0 Å². The molecule has 2 rings (SSSR count). The Kier molecular flexibility index (Phi) is 3.46. The average molecular weight is 244 g/mol. The van der Waals surface area contributed by atoms with Gasteiger partial charge in [-0.15, -0.1) is 0 Å². The van der Waals surface area contributed by atoms with E-state index in [9.17, 15) is 4.79 Å². The van der Waals surface area contributed by atoms with E-state index in [1.165, 1.54) is 0 Å². The minimum absolute atomic E-state index is 0.0567. The maximum Gasteiger partial charge on any atom is 0.159 e. The van der Waals surface area contributed by atoms with Crippen molar-refractivity contribution in [2.75, 3.05) is 7.11 Å². The molecule has 0 N–H and O–H groups in total. The van der Waals surface area contributed by atoms with E-state index in [0.29, 0.717) is 12.1 Å². The zero-order valence-corrected chi connectivity index (χ0v) is 10.8. The molecule has 0 fully saturated rings. The molecule has 0 radical (unpaired) electrons. The number of ether oxygens (including phenoxy) is 1. The third-order valence-corrected chi connectivity index (χ3v) is 2.95. The molecular weight excluding hydrogens is 228 g/mol. The molecule has 0 spiro atoms. The molecule has 4 nitrogen and oxygen atoms in total. The van der Waals surface area contributed by atoms with Crippen LogP contribution in [0.5, 0.6) is 5.75 Å². The molecule has 2 aromatic rings. The number of rotatable bonds is 4. The van der Waals surface area contributed by atoms with Crippen LogP contribution < -0.4 is 4.74 Å². The molecule has 1 heterocycles. The summed E-state index contributed by atoms with van der Waals surface area (Å²) in [6.07, 6.45) is 3.67. The van der Waals surface area contributed by atoms with Crippen LogP contribution in [0.4, 0.5) is 0 Å². The number of aryl methyl sites for hydroxylation is 1. The van der Waals surface area contributed by atoms with Crippen LogP contribution in [0.15, 0.2) is 30.6 Å².